The summed E-state index contributed by atoms with van der Waals surface area (Å²) in [4.78, 5) is 11.9. The number of carbonyl (C=O) groups is 1. The molecule has 2 rings (SSSR count). The average Bonchev–Trinajstić information content (AvgIpc) is 2.55. The predicted octanol–water partition coefficient (Wildman–Crippen LogP) is 4.44. The molecule has 2 aromatic rings. The maximum atomic E-state index is 13.5. The van der Waals surface area contributed by atoms with Crippen molar-refractivity contribution in [2.75, 3.05) is 5.32 Å². The Kier molecular flexibility index (Phi) is 5.28. The molecular weight excluding hydrogens is 357 g/mol. The summed E-state index contributed by atoms with van der Waals surface area (Å²) in [6, 6.07) is 5.93. The van der Waals surface area contributed by atoms with Crippen molar-refractivity contribution in [3.8, 4) is 5.75 Å². The number of rotatable bonds is 4. The number of ether oxygens (including phenoxy) is 1. The third kappa shape index (κ3) is 3.59. The zero-order chi connectivity index (χ0) is 18.0. The first-order valence-corrected chi connectivity index (χ1v) is 6.84. The Morgan fingerprint density at radius 1 is 1.04 bits per heavy atom. The Hall–Kier alpha value is -2.35. The molecule has 0 aliphatic carbocycles. The van der Waals surface area contributed by atoms with E-state index in [9.17, 15) is 26.7 Å². The summed E-state index contributed by atoms with van der Waals surface area (Å²) < 4.78 is 71.3. The SMILES string of the molecule is CC(Oc1cccc(Cl)c1)C(=O)Nc1c(F)c(F)c(F)c(F)c1F. The van der Waals surface area contributed by atoms with Crippen LogP contribution in [0.2, 0.25) is 5.02 Å². The highest BCUT2D eigenvalue weighted by molar-refractivity contribution is 6.30. The normalized spacial score (nSPS) is 12.0. The highest BCUT2D eigenvalue weighted by atomic mass is 35.5. The Labute approximate surface area is 138 Å². The summed E-state index contributed by atoms with van der Waals surface area (Å²) in [6.07, 6.45) is -1.29. The van der Waals surface area contributed by atoms with Crippen LogP contribution in [0.1, 0.15) is 6.92 Å². The number of benzene rings is 2. The van der Waals surface area contributed by atoms with Crippen molar-refractivity contribution in [2.45, 2.75) is 13.0 Å². The fourth-order valence-electron chi connectivity index (χ4n) is 1.74. The quantitative estimate of drug-likeness (QED) is 0.494. The van der Waals surface area contributed by atoms with Crippen molar-refractivity contribution in [1.82, 2.24) is 0 Å². The number of amides is 1. The second kappa shape index (κ2) is 7.04. The van der Waals surface area contributed by atoms with E-state index in [-0.39, 0.29) is 5.75 Å². The van der Waals surface area contributed by atoms with Crippen LogP contribution in [0.25, 0.3) is 0 Å². The van der Waals surface area contributed by atoms with Gasteiger partial charge in [0.25, 0.3) is 5.91 Å². The summed E-state index contributed by atoms with van der Waals surface area (Å²) >= 11 is 5.73. The predicted molar refractivity (Wildman–Crippen MR) is 76.4 cm³/mol. The minimum absolute atomic E-state index is 0.183. The second-order valence-electron chi connectivity index (χ2n) is 4.65. The van der Waals surface area contributed by atoms with Crippen LogP contribution in [0.3, 0.4) is 0 Å². The summed E-state index contributed by atoms with van der Waals surface area (Å²) in [5.41, 5.74) is -1.45. The second-order valence-corrected chi connectivity index (χ2v) is 5.09. The average molecular weight is 366 g/mol. The lowest BCUT2D eigenvalue weighted by molar-refractivity contribution is -0.122. The molecule has 128 valence electrons. The molecule has 0 heterocycles. The van der Waals surface area contributed by atoms with Gasteiger partial charge in [0.1, 0.15) is 11.4 Å². The van der Waals surface area contributed by atoms with Crippen LogP contribution in [0.5, 0.6) is 5.75 Å². The number of hydrogen-bond donors (Lipinski definition) is 1. The van der Waals surface area contributed by atoms with Crippen molar-refractivity contribution in [2.24, 2.45) is 0 Å². The maximum Gasteiger partial charge on any atom is 0.265 e. The number of anilines is 1. The molecule has 0 fully saturated rings. The molecule has 1 unspecified atom stereocenters. The van der Waals surface area contributed by atoms with Crippen molar-refractivity contribution in [1.29, 1.82) is 0 Å². The van der Waals surface area contributed by atoms with Gasteiger partial charge in [-0.05, 0) is 25.1 Å². The first-order chi connectivity index (χ1) is 11.2. The molecule has 2 aromatic carbocycles. The monoisotopic (exact) mass is 365 g/mol. The van der Waals surface area contributed by atoms with Crippen molar-refractivity contribution in [3.05, 3.63) is 58.4 Å². The molecule has 0 radical (unpaired) electrons. The molecule has 1 N–H and O–H groups in total. The van der Waals surface area contributed by atoms with Crippen LogP contribution in [-0.2, 0) is 4.79 Å². The smallest absolute Gasteiger partial charge is 0.265 e. The molecule has 0 aliphatic rings. The number of carbonyl (C=O) groups excluding carboxylic acids is 1. The third-order valence-corrected chi connectivity index (χ3v) is 3.17. The van der Waals surface area contributed by atoms with Crippen LogP contribution >= 0.6 is 11.6 Å². The van der Waals surface area contributed by atoms with Gasteiger partial charge in [0.05, 0.1) is 0 Å². The molecule has 24 heavy (non-hydrogen) atoms. The summed E-state index contributed by atoms with van der Waals surface area (Å²) in [7, 11) is 0. The van der Waals surface area contributed by atoms with Crippen LogP contribution in [0.15, 0.2) is 24.3 Å². The lowest BCUT2D eigenvalue weighted by Crippen LogP contribution is -2.31. The Bertz CT molecular complexity index is 771. The molecule has 0 aromatic heterocycles. The van der Waals surface area contributed by atoms with Gasteiger partial charge in [0.15, 0.2) is 29.4 Å². The highest BCUT2D eigenvalue weighted by Crippen LogP contribution is 2.27. The molecule has 1 amide bonds. The third-order valence-electron chi connectivity index (χ3n) is 2.94. The summed E-state index contributed by atoms with van der Waals surface area (Å²) in [5.74, 6) is -11.9. The number of hydrogen-bond acceptors (Lipinski definition) is 2. The Morgan fingerprint density at radius 3 is 2.12 bits per heavy atom. The van der Waals surface area contributed by atoms with Crippen LogP contribution in [0, 0.1) is 29.1 Å². The first kappa shape index (κ1) is 18.0. The van der Waals surface area contributed by atoms with Crippen molar-refractivity contribution in [3.63, 3.8) is 0 Å². The maximum absolute atomic E-state index is 13.5. The molecule has 3 nitrogen and oxygen atoms in total. The van der Waals surface area contributed by atoms with Gasteiger partial charge in [-0.15, -0.1) is 0 Å². The Balaban J connectivity index is 2.21. The molecule has 0 bridgehead atoms. The number of nitrogens with one attached hydrogen (secondary N) is 1. The fraction of sp³-hybridized carbons (Fsp3) is 0.133. The fourth-order valence-corrected chi connectivity index (χ4v) is 1.92. The summed E-state index contributed by atoms with van der Waals surface area (Å²) in [6.45, 7) is 1.22. The van der Waals surface area contributed by atoms with Gasteiger partial charge in [-0.25, -0.2) is 22.0 Å². The zero-order valence-electron chi connectivity index (χ0n) is 12.0. The standard InChI is InChI=1S/C15H9ClF5NO2/c1-6(24-8-4-2-3-7(16)5-8)15(23)22-14-12(20)10(18)9(17)11(19)13(14)21/h2-6H,1H3,(H,22,23). The lowest BCUT2D eigenvalue weighted by atomic mass is 10.2. The van der Waals surface area contributed by atoms with Crippen LogP contribution < -0.4 is 10.1 Å². The largest absolute Gasteiger partial charge is 0.481 e. The molecule has 0 saturated carbocycles. The van der Waals surface area contributed by atoms with E-state index in [1.54, 1.807) is 11.4 Å². The van der Waals surface area contributed by atoms with E-state index >= 15 is 0 Å². The van der Waals surface area contributed by atoms with Crippen molar-refractivity contribution < 1.29 is 31.5 Å². The van der Waals surface area contributed by atoms with E-state index in [0.717, 1.165) is 0 Å². The molecular formula is C15H9ClF5NO2. The molecule has 1 atom stereocenters. The van der Waals surface area contributed by atoms with Crippen LogP contribution in [-0.4, -0.2) is 12.0 Å². The Morgan fingerprint density at radius 2 is 1.58 bits per heavy atom. The molecule has 9 heteroatoms. The molecule has 0 aliphatic heterocycles. The topological polar surface area (TPSA) is 38.3 Å². The van der Waals surface area contributed by atoms with Gasteiger partial charge in [0.2, 0.25) is 5.82 Å². The number of halogens is 6. The minimum Gasteiger partial charge on any atom is -0.481 e. The van der Waals surface area contributed by atoms with Gasteiger partial charge in [-0.1, -0.05) is 17.7 Å². The first-order valence-electron chi connectivity index (χ1n) is 6.47. The lowest BCUT2D eigenvalue weighted by Gasteiger charge is -2.16. The van der Waals surface area contributed by atoms with E-state index in [1.807, 2.05) is 0 Å². The van der Waals surface area contributed by atoms with E-state index in [1.165, 1.54) is 25.1 Å². The molecule has 0 saturated heterocycles. The van der Waals surface area contributed by atoms with Gasteiger partial charge in [0, 0.05) is 5.02 Å². The van der Waals surface area contributed by atoms with E-state index < -0.39 is 46.8 Å². The van der Waals surface area contributed by atoms with Gasteiger partial charge in [-0.3, -0.25) is 4.79 Å². The van der Waals surface area contributed by atoms with E-state index in [2.05, 4.69) is 0 Å². The highest BCUT2D eigenvalue weighted by Gasteiger charge is 2.28. The zero-order valence-corrected chi connectivity index (χ0v) is 12.7. The van der Waals surface area contributed by atoms with Crippen molar-refractivity contribution >= 4 is 23.2 Å². The summed E-state index contributed by atoms with van der Waals surface area (Å²) in [5, 5.41) is 1.95. The van der Waals surface area contributed by atoms with Gasteiger partial charge >= 0.3 is 0 Å². The van der Waals surface area contributed by atoms with Gasteiger partial charge in [-0.2, -0.15) is 0 Å². The van der Waals surface area contributed by atoms with Gasteiger partial charge < -0.3 is 10.1 Å². The van der Waals surface area contributed by atoms with E-state index in [0.29, 0.717) is 5.02 Å². The van der Waals surface area contributed by atoms with E-state index in [4.69, 9.17) is 16.3 Å². The van der Waals surface area contributed by atoms with Crippen LogP contribution in [0.4, 0.5) is 27.6 Å². The molecule has 0 spiro atoms. The minimum atomic E-state index is -2.31.